The number of aromatic nitrogens is 3. The van der Waals surface area contributed by atoms with Crippen LogP contribution < -0.4 is 21.3 Å². The zero-order valence-corrected chi connectivity index (χ0v) is 18.6. The number of anilines is 1. The van der Waals surface area contributed by atoms with Gasteiger partial charge in [0.1, 0.15) is 5.82 Å². The number of nitrogen functional groups attached to an aromatic ring is 1. The number of ether oxygens (including phenoxy) is 1. The maximum absolute atomic E-state index is 14.6. The van der Waals surface area contributed by atoms with Gasteiger partial charge in [0, 0.05) is 24.2 Å². The van der Waals surface area contributed by atoms with E-state index in [0.29, 0.717) is 11.1 Å². The summed E-state index contributed by atoms with van der Waals surface area (Å²) in [6.07, 6.45) is 4.19. The van der Waals surface area contributed by atoms with Crippen molar-refractivity contribution in [1.29, 1.82) is 0 Å². The van der Waals surface area contributed by atoms with Crippen molar-refractivity contribution < 1.29 is 22.7 Å². The summed E-state index contributed by atoms with van der Waals surface area (Å²) in [5.41, 5.74) is 6.28. The summed E-state index contributed by atoms with van der Waals surface area (Å²) in [7, 11) is 1.27. The highest BCUT2D eigenvalue weighted by Gasteiger charge is 2.17. The van der Waals surface area contributed by atoms with Crippen molar-refractivity contribution in [1.82, 2.24) is 19.9 Å². The molecular weight excluding hydrogens is 460 g/mol. The zero-order chi connectivity index (χ0) is 24.9. The third-order valence-electron chi connectivity index (χ3n) is 5.18. The van der Waals surface area contributed by atoms with Crippen LogP contribution in [0.15, 0.2) is 64.2 Å². The van der Waals surface area contributed by atoms with Crippen LogP contribution >= 0.6 is 0 Å². The van der Waals surface area contributed by atoms with Gasteiger partial charge in [0.05, 0.1) is 44.0 Å². The van der Waals surface area contributed by atoms with Gasteiger partial charge in [0.2, 0.25) is 5.76 Å². The van der Waals surface area contributed by atoms with Gasteiger partial charge in [-0.05, 0) is 17.7 Å². The van der Waals surface area contributed by atoms with Crippen molar-refractivity contribution >= 4 is 11.6 Å². The van der Waals surface area contributed by atoms with E-state index in [1.165, 1.54) is 36.2 Å². The molecule has 0 unspecified atom stereocenters. The number of pyridine rings is 2. The van der Waals surface area contributed by atoms with Crippen LogP contribution in [-0.4, -0.2) is 27.6 Å². The van der Waals surface area contributed by atoms with Crippen LogP contribution in [0.4, 0.5) is 14.5 Å². The highest BCUT2D eigenvalue weighted by atomic mass is 19.1. The van der Waals surface area contributed by atoms with Crippen molar-refractivity contribution in [2.24, 2.45) is 0 Å². The molecule has 3 aromatic heterocycles. The number of carbonyl (C=O) groups is 1. The van der Waals surface area contributed by atoms with Crippen molar-refractivity contribution in [2.75, 3.05) is 12.8 Å². The van der Waals surface area contributed by atoms with Gasteiger partial charge in [-0.25, -0.2) is 13.8 Å². The molecule has 0 fully saturated rings. The Morgan fingerprint density at radius 2 is 2.03 bits per heavy atom. The van der Waals surface area contributed by atoms with Gasteiger partial charge in [-0.15, -0.1) is 0 Å². The second kappa shape index (κ2) is 10.2. The fraction of sp³-hybridized carbons (Fsp3) is 0.167. The van der Waals surface area contributed by atoms with Gasteiger partial charge in [0.25, 0.3) is 11.5 Å². The SMILES string of the molecule is COc1c(N)cnc(CNC(=O)c2cnc(Cc3ccc(Cn4ccccc4=O)c(F)c3)o2)c1F. The molecular formula is C24H21F2N5O4. The second-order valence-corrected chi connectivity index (χ2v) is 7.58. The molecule has 0 spiro atoms. The molecule has 0 aliphatic rings. The summed E-state index contributed by atoms with van der Waals surface area (Å²) in [6, 6.07) is 9.33. The van der Waals surface area contributed by atoms with Crippen molar-refractivity contribution in [2.45, 2.75) is 19.5 Å². The van der Waals surface area contributed by atoms with Crippen LogP contribution in [0.25, 0.3) is 0 Å². The van der Waals surface area contributed by atoms with Gasteiger partial charge >= 0.3 is 0 Å². The van der Waals surface area contributed by atoms with E-state index in [4.69, 9.17) is 14.9 Å². The molecule has 35 heavy (non-hydrogen) atoms. The third-order valence-corrected chi connectivity index (χ3v) is 5.18. The molecule has 0 saturated carbocycles. The summed E-state index contributed by atoms with van der Waals surface area (Å²) in [6.45, 7) is -0.126. The fourth-order valence-corrected chi connectivity index (χ4v) is 3.38. The van der Waals surface area contributed by atoms with Gasteiger partial charge in [-0.3, -0.25) is 14.6 Å². The molecule has 3 N–H and O–H groups in total. The second-order valence-electron chi connectivity index (χ2n) is 7.58. The van der Waals surface area contributed by atoms with Crippen LogP contribution in [-0.2, 0) is 19.5 Å². The van der Waals surface area contributed by atoms with Crippen LogP contribution in [0.3, 0.4) is 0 Å². The lowest BCUT2D eigenvalue weighted by Crippen LogP contribution is -2.23. The zero-order valence-electron chi connectivity index (χ0n) is 18.6. The Morgan fingerprint density at radius 1 is 1.20 bits per heavy atom. The first kappa shape index (κ1) is 23.6. The Balaban J connectivity index is 1.39. The summed E-state index contributed by atoms with van der Waals surface area (Å²) in [4.78, 5) is 32.1. The van der Waals surface area contributed by atoms with E-state index in [1.54, 1.807) is 30.5 Å². The van der Waals surface area contributed by atoms with Crippen LogP contribution in [0.5, 0.6) is 5.75 Å². The van der Waals surface area contributed by atoms with Crippen LogP contribution in [0.1, 0.15) is 33.3 Å². The quantitative estimate of drug-likeness (QED) is 0.396. The Kier molecular flexibility index (Phi) is 6.86. The Bertz CT molecular complexity index is 1430. The number of carbonyl (C=O) groups excluding carboxylic acids is 1. The maximum Gasteiger partial charge on any atom is 0.289 e. The predicted molar refractivity (Wildman–Crippen MR) is 122 cm³/mol. The van der Waals surface area contributed by atoms with Crippen molar-refractivity contribution in [3.63, 3.8) is 0 Å². The van der Waals surface area contributed by atoms with Gasteiger partial charge in [-0.2, -0.15) is 0 Å². The summed E-state index contributed by atoms with van der Waals surface area (Å²) in [5, 5.41) is 2.49. The molecule has 180 valence electrons. The molecule has 11 heteroatoms. The number of nitrogens with one attached hydrogen (secondary N) is 1. The molecule has 0 aliphatic carbocycles. The van der Waals surface area contributed by atoms with E-state index in [2.05, 4.69) is 15.3 Å². The Labute approximate surface area is 198 Å². The highest BCUT2D eigenvalue weighted by Crippen LogP contribution is 2.25. The van der Waals surface area contributed by atoms with Crippen LogP contribution in [0.2, 0.25) is 0 Å². The van der Waals surface area contributed by atoms with Gasteiger partial charge < -0.3 is 24.8 Å². The summed E-state index contributed by atoms with van der Waals surface area (Å²) in [5.74, 6) is -1.93. The largest absolute Gasteiger partial charge is 0.491 e. The molecule has 1 aromatic carbocycles. The lowest BCUT2D eigenvalue weighted by atomic mass is 10.1. The number of halogens is 2. The Morgan fingerprint density at radius 3 is 2.77 bits per heavy atom. The molecule has 0 atom stereocenters. The van der Waals surface area contributed by atoms with Gasteiger partial charge in [-0.1, -0.05) is 18.2 Å². The monoisotopic (exact) mass is 481 g/mol. The molecule has 0 aliphatic heterocycles. The number of amides is 1. The molecule has 3 heterocycles. The van der Waals surface area contributed by atoms with Crippen molar-refractivity contribution in [3.8, 4) is 5.75 Å². The number of nitrogens with two attached hydrogens (primary N) is 1. The summed E-state index contributed by atoms with van der Waals surface area (Å²) >= 11 is 0. The number of hydrogen-bond donors (Lipinski definition) is 2. The highest BCUT2D eigenvalue weighted by molar-refractivity contribution is 5.91. The predicted octanol–water partition coefficient (Wildman–Crippen LogP) is 2.67. The molecule has 0 saturated heterocycles. The molecule has 0 radical (unpaired) electrons. The number of hydrogen-bond acceptors (Lipinski definition) is 7. The van der Waals surface area contributed by atoms with E-state index in [1.807, 2.05) is 0 Å². The van der Waals surface area contributed by atoms with E-state index >= 15 is 0 Å². The average Bonchev–Trinajstić information content (AvgIpc) is 3.30. The first-order valence-corrected chi connectivity index (χ1v) is 10.5. The lowest BCUT2D eigenvalue weighted by molar-refractivity contribution is 0.0920. The molecule has 0 bridgehead atoms. The molecule has 4 rings (SSSR count). The van der Waals surface area contributed by atoms with E-state index in [9.17, 15) is 18.4 Å². The fourth-order valence-electron chi connectivity index (χ4n) is 3.38. The van der Waals surface area contributed by atoms with E-state index in [-0.39, 0.29) is 53.9 Å². The number of rotatable bonds is 8. The standard InChI is InChI=1S/C24H21F2N5O4/c1-34-23-17(27)10-28-18(22(23)26)11-30-24(33)19-12-29-20(35-19)9-14-5-6-15(16(25)8-14)13-31-7-3-2-4-21(31)32/h2-8,10,12H,9,11,13,27H2,1H3,(H,30,33). The lowest BCUT2D eigenvalue weighted by Gasteiger charge is -2.09. The third kappa shape index (κ3) is 5.35. The first-order valence-electron chi connectivity index (χ1n) is 10.5. The number of nitrogens with zero attached hydrogens (tertiary/aromatic N) is 3. The minimum Gasteiger partial charge on any atom is -0.491 e. The van der Waals surface area contributed by atoms with Crippen molar-refractivity contribution in [3.05, 3.63) is 105 Å². The molecule has 1 amide bonds. The minimum absolute atomic E-state index is 0.0402. The Hall–Kier alpha value is -4.54. The van der Waals surface area contributed by atoms with Crippen LogP contribution in [0, 0.1) is 11.6 Å². The number of oxazole rings is 1. The average molecular weight is 481 g/mol. The minimum atomic E-state index is -0.770. The maximum atomic E-state index is 14.6. The molecule has 9 nitrogen and oxygen atoms in total. The molecule has 4 aromatic rings. The van der Waals surface area contributed by atoms with E-state index in [0.717, 1.165) is 0 Å². The smallest absolute Gasteiger partial charge is 0.289 e. The normalized spacial score (nSPS) is 10.8. The topological polar surface area (TPSA) is 125 Å². The first-order chi connectivity index (χ1) is 16.9. The number of benzene rings is 1. The van der Waals surface area contributed by atoms with E-state index < -0.39 is 17.5 Å². The number of methoxy groups -OCH3 is 1. The van der Waals surface area contributed by atoms with Gasteiger partial charge in [0.15, 0.2) is 17.5 Å². The summed E-state index contributed by atoms with van der Waals surface area (Å²) < 4.78 is 40.7.